The third kappa shape index (κ3) is 8.74. The number of aromatic nitrogens is 1. The van der Waals surface area contributed by atoms with Gasteiger partial charge >= 0.3 is 6.09 Å². The van der Waals surface area contributed by atoms with Crippen molar-refractivity contribution in [2.45, 2.75) is 126 Å². The van der Waals surface area contributed by atoms with E-state index in [4.69, 9.17) is 14.5 Å². The number of fused-ring (bicyclic) bond motifs is 3. The highest BCUT2D eigenvalue weighted by Gasteiger charge is 2.64. The van der Waals surface area contributed by atoms with Gasteiger partial charge in [-0.05, 0) is 101 Å². The number of anilines is 1. The first-order chi connectivity index (χ1) is 29.0. The van der Waals surface area contributed by atoms with Crippen LogP contribution in [-0.4, -0.2) is 126 Å². The number of benzene rings is 1. The first kappa shape index (κ1) is 46.7. The van der Waals surface area contributed by atoms with E-state index in [1.165, 1.54) is 7.11 Å². The van der Waals surface area contributed by atoms with Gasteiger partial charge in [0.15, 0.2) is 0 Å². The Morgan fingerprint density at radius 3 is 2.42 bits per heavy atom. The lowest BCUT2D eigenvalue weighted by atomic mass is 9.84. The minimum absolute atomic E-state index is 0.00129. The molecule has 3 N–H and O–H groups in total. The fourth-order valence-electron chi connectivity index (χ4n) is 8.74. The zero-order chi connectivity index (χ0) is 45.7. The quantitative estimate of drug-likeness (QED) is 0.223. The molecule has 2 aliphatic heterocycles. The molecule has 2 saturated carbocycles. The number of ether oxygens (including phenoxy) is 2. The summed E-state index contributed by atoms with van der Waals surface area (Å²) < 4.78 is 83.7. The summed E-state index contributed by atoms with van der Waals surface area (Å²) in [5.74, 6) is -6.82. The molecule has 19 heteroatoms. The number of nitrogens with zero attached hydrogens (tertiary/aromatic N) is 4. The van der Waals surface area contributed by atoms with Gasteiger partial charge in [0.2, 0.25) is 27.7 Å². The van der Waals surface area contributed by atoms with Crippen LogP contribution in [0.25, 0.3) is 10.8 Å². The molecule has 1 aromatic carbocycles. The van der Waals surface area contributed by atoms with E-state index in [9.17, 15) is 32.3 Å². The van der Waals surface area contributed by atoms with Gasteiger partial charge in [0.1, 0.15) is 52.3 Å². The van der Waals surface area contributed by atoms with Crippen LogP contribution in [0.2, 0.25) is 0 Å². The lowest BCUT2D eigenvalue weighted by molar-refractivity contribution is -0.156. The van der Waals surface area contributed by atoms with Crippen LogP contribution in [0, 0.1) is 17.8 Å². The zero-order valence-electron chi connectivity index (χ0n) is 36.5. The maximum absolute atomic E-state index is 15.5. The minimum Gasteiger partial charge on any atom is -0.497 e. The highest BCUT2D eigenvalue weighted by molar-refractivity contribution is 7.91. The molecule has 15 nitrogen and oxygen atoms in total. The average Bonchev–Trinajstić information content (AvgIpc) is 4.11. The fourth-order valence-corrected chi connectivity index (χ4v) is 10.2. The molecule has 4 aliphatic rings. The first-order valence-electron chi connectivity index (χ1n) is 21.1. The third-order valence-electron chi connectivity index (χ3n) is 13.5. The zero-order valence-corrected chi connectivity index (χ0v) is 37.4. The number of nitrogens with one attached hydrogen (secondary N) is 2. The summed E-state index contributed by atoms with van der Waals surface area (Å²) in [4.78, 5) is 65.5. The van der Waals surface area contributed by atoms with E-state index in [0.717, 1.165) is 18.7 Å². The predicted octanol–water partition coefficient (Wildman–Crippen LogP) is 5.67. The molecule has 0 spiro atoms. The molecule has 3 heterocycles. The molecule has 4 amide bonds. The molecule has 7 atom stereocenters. The molecule has 62 heavy (non-hydrogen) atoms. The third-order valence-corrected chi connectivity index (χ3v) is 15.6. The van der Waals surface area contributed by atoms with Crippen LogP contribution in [0.4, 0.5) is 23.8 Å². The highest BCUT2D eigenvalue weighted by atomic mass is 32.2. The molecule has 1 aromatic heterocycles. The van der Waals surface area contributed by atoms with Gasteiger partial charge in [-0.3, -0.25) is 24.0 Å². The summed E-state index contributed by atoms with van der Waals surface area (Å²) in [6.45, 7) is 7.24. The number of hydrogen-bond donors (Lipinski definition) is 3. The van der Waals surface area contributed by atoms with Crippen molar-refractivity contribution in [3.05, 3.63) is 36.4 Å². The highest BCUT2D eigenvalue weighted by Crippen LogP contribution is 2.48. The Kier molecular flexibility index (Phi) is 12.8. The minimum atomic E-state index is -4.49. The second-order valence-corrected chi connectivity index (χ2v) is 20.3. The van der Waals surface area contributed by atoms with Gasteiger partial charge in [-0.25, -0.2) is 26.4 Å². The summed E-state index contributed by atoms with van der Waals surface area (Å²) >= 11 is 0. The standard InChI is InChI=1S/C43H59F3N6O9S/c1-9-50(7)33-20-27-19-29(60-8)14-15-31(27)36(47-33)61-30-21-32-35(53)48-43(38(55)49-62(58,59)42(24-44)16-17-42)22-28(43)13-11-10-12-25(2)18-26(3)34(37(54)51(32)23-30)52(39(56)57)40(4,5)41(6,45)46/h11,13-15,19-20,25-26,28,30,32,34H,9-10,12,16-18,21-24H2,1-8H3,(H,48,53)(H,49,55)(H,56,57)/t25-,26-,28-,30-,32+,34+,43-/m1/s1. The lowest BCUT2D eigenvalue weighted by Crippen LogP contribution is -2.66. The smallest absolute Gasteiger partial charge is 0.408 e. The van der Waals surface area contributed by atoms with Crippen molar-refractivity contribution in [2.24, 2.45) is 17.8 Å². The van der Waals surface area contributed by atoms with Crippen LogP contribution in [-0.2, 0) is 24.4 Å². The Hall–Kier alpha value is -4.81. The Labute approximate surface area is 360 Å². The Balaban J connectivity index is 1.45. The van der Waals surface area contributed by atoms with Crippen molar-refractivity contribution in [2.75, 3.05) is 38.8 Å². The van der Waals surface area contributed by atoms with Crippen molar-refractivity contribution < 1.29 is 55.3 Å². The molecule has 1 saturated heterocycles. The number of rotatable bonds is 12. The van der Waals surface area contributed by atoms with Crippen molar-refractivity contribution >= 4 is 50.4 Å². The van der Waals surface area contributed by atoms with Crippen molar-refractivity contribution in [1.29, 1.82) is 0 Å². The summed E-state index contributed by atoms with van der Waals surface area (Å²) in [7, 11) is -1.12. The fraction of sp³-hybridized carbons (Fsp3) is 0.651. The van der Waals surface area contributed by atoms with Gasteiger partial charge in [0, 0.05) is 38.2 Å². The van der Waals surface area contributed by atoms with Crippen LogP contribution in [0.15, 0.2) is 36.4 Å². The van der Waals surface area contributed by atoms with Gasteiger partial charge in [-0.2, -0.15) is 4.98 Å². The summed E-state index contributed by atoms with van der Waals surface area (Å²) in [6, 6.07) is 3.97. The number of amides is 4. The Bertz CT molecular complexity index is 2220. The molecule has 6 rings (SSSR count). The van der Waals surface area contributed by atoms with Crippen molar-refractivity contribution in [3.8, 4) is 11.6 Å². The Morgan fingerprint density at radius 2 is 1.82 bits per heavy atom. The normalized spacial score (nSPS) is 27.8. The molecular weight excluding hydrogens is 834 g/mol. The molecule has 0 radical (unpaired) electrons. The number of methoxy groups -OCH3 is 1. The molecule has 342 valence electrons. The number of carbonyl (C=O) groups excluding carboxylic acids is 3. The van der Waals surface area contributed by atoms with Crippen LogP contribution < -0.4 is 24.4 Å². The lowest BCUT2D eigenvalue weighted by Gasteiger charge is -2.47. The summed E-state index contributed by atoms with van der Waals surface area (Å²) in [6.07, 6.45) is 1.90. The van der Waals surface area contributed by atoms with Gasteiger partial charge < -0.3 is 29.7 Å². The monoisotopic (exact) mass is 892 g/mol. The molecule has 2 aromatic rings. The number of sulfonamides is 1. The number of allylic oxidation sites excluding steroid dienone is 1. The predicted molar refractivity (Wildman–Crippen MR) is 225 cm³/mol. The number of pyridine rings is 1. The number of carboxylic acid groups (broad SMARTS) is 1. The van der Waals surface area contributed by atoms with Gasteiger partial charge in [-0.1, -0.05) is 26.0 Å². The maximum Gasteiger partial charge on any atom is 0.408 e. The van der Waals surface area contributed by atoms with Gasteiger partial charge in [0.05, 0.1) is 13.7 Å². The number of carbonyl (C=O) groups is 4. The van der Waals surface area contributed by atoms with Crippen LogP contribution in [0.1, 0.15) is 86.5 Å². The van der Waals surface area contributed by atoms with E-state index in [-0.39, 0.29) is 50.4 Å². The van der Waals surface area contributed by atoms with Crippen molar-refractivity contribution in [1.82, 2.24) is 24.8 Å². The van der Waals surface area contributed by atoms with Crippen LogP contribution in [0.5, 0.6) is 11.6 Å². The molecule has 0 unspecified atom stereocenters. The number of alkyl halides is 3. The van der Waals surface area contributed by atoms with Crippen LogP contribution in [0.3, 0.4) is 0 Å². The van der Waals surface area contributed by atoms with Gasteiger partial charge in [-0.15, -0.1) is 0 Å². The Morgan fingerprint density at radius 1 is 1.13 bits per heavy atom. The largest absolute Gasteiger partial charge is 0.497 e. The average molecular weight is 893 g/mol. The maximum atomic E-state index is 15.5. The van der Waals surface area contributed by atoms with E-state index in [1.807, 2.05) is 36.6 Å². The van der Waals surface area contributed by atoms with Gasteiger partial charge in [0.25, 0.3) is 11.8 Å². The van der Waals surface area contributed by atoms with E-state index in [0.29, 0.717) is 53.5 Å². The molecular formula is C43H59F3N6O9S. The van der Waals surface area contributed by atoms with E-state index in [1.54, 1.807) is 37.3 Å². The van der Waals surface area contributed by atoms with Crippen molar-refractivity contribution in [3.63, 3.8) is 0 Å². The first-order valence-corrected chi connectivity index (χ1v) is 22.6. The number of hydrogen-bond acceptors (Lipinski definition) is 10. The summed E-state index contributed by atoms with van der Waals surface area (Å²) in [5, 5.41) is 14.7. The molecule has 3 fully saturated rings. The second kappa shape index (κ2) is 17.1. The summed E-state index contributed by atoms with van der Waals surface area (Å²) in [5.41, 5.74) is -4.20. The number of halogens is 3. The molecule has 0 bridgehead atoms. The van der Waals surface area contributed by atoms with E-state index < -0.39 is 92.3 Å². The topological polar surface area (TPSA) is 188 Å². The SMILES string of the molecule is CCN(C)c1cc2cc(OC)ccc2c(O[C@@H]2C[C@H]3C(=O)N[C@]4(C(=O)NS(=O)(=O)C5(CF)CC5)C[C@H]4C=CCC[C@@H](C)C[C@@H](C)[C@H](N(C(=O)O)C(C)(C)C(C)(F)F)C(=O)N3C2)n1. The molecule has 2 aliphatic carbocycles. The van der Waals surface area contributed by atoms with E-state index >= 15 is 13.6 Å². The van der Waals surface area contributed by atoms with E-state index in [2.05, 4.69) is 5.32 Å². The second-order valence-electron chi connectivity index (χ2n) is 18.3. The van der Waals surface area contributed by atoms with Crippen LogP contribution >= 0.6 is 0 Å².